The summed E-state index contributed by atoms with van der Waals surface area (Å²) in [5, 5.41) is 5.77. The predicted molar refractivity (Wildman–Crippen MR) is 115 cm³/mol. The average Bonchev–Trinajstić information content (AvgIpc) is 3.15. The van der Waals surface area contributed by atoms with Crippen LogP contribution < -0.4 is 15.0 Å². The van der Waals surface area contributed by atoms with Crippen LogP contribution in [0.25, 0.3) is 10.6 Å². The van der Waals surface area contributed by atoms with E-state index >= 15 is 0 Å². The fourth-order valence-corrected chi connectivity index (χ4v) is 3.63. The number of ether oxygens (including phenoxy) is 1. The molecule has 28 heavy (non-hydrogen) atoms. The number of nitrogens with zero attached hydrogens (tertiary/aromatic N) is 2. The molecule has 0 saturated heterocycles. The van der Waals surface area contributed by atoms with E-state index in [0.717, 1.165) is 33.3 Å². The van der Waals surface area contributed by atoms with Gasteiger partial charge in [-0.3, -0.25) is 4.79 Å². The smallest absolute Gasteiger partial charge is 0.226 e. The van der Waals surface area contributed by atoms with Crippen LogP contribution in [0.15, 0.2) is 53.9 Å². The highest BCUT2D eigenvalue weighted by Gasteiger charge is 2.12. The normalized spacial score (nSPS) is 10.5. The van der Waals surface area contributed by atoms with Gasteiger partial charge in [0.25, 0.3) is 0 Å². The van der Waals surface area contributed by atoms with Crippen molar-refractivity contribution in [2.45, 2.75) is 19.9 Å². The molecule has 0 saturated carbocycles. The van der Waals surface area contributed by atoms with E-state index in [0.29, 0.717) is 13.2 Å². The number of carbonyl (C=O) groups excluding carboxylic acids is 1. The number of thiazole rings is 1. The first-order valence-electron chi connectivity index (χ1n) is 9.26. The van der Waals surface area contributed by atoms with Crippen molar-refractivity contribution in [2.24, 2.45) is 0 Å². The monoisotopic (exact) mass is 395 g/mol. The number of aromatic nitrogens is 1. The summed E-state index contributed by atoms with van der Waals surface area (Å²) >= 11 is 1.53. The van der Waals surface area contributed by atoms with Gasteiger partial charge < -0.3 is 15.0 Å². The van der Waals surface area contributed by atoms with E-state index in [-0.39, 0.29) is 12.3 Å². The Morgan fingerprint density at radius 2 is 1.89 bits per heavy atom. The molecule has 2 aromatic carbocycles. The molecule has 3 aromatic rings. The molecule has 6 heteroatoms. The van der Waals surface area contributed by atoms with E-state index in [4.69, 9.17) is 4.74 Å². The molecule has 0 spiro atoms. The maximum absolute atomic E-state index is 12.3. The number of hydrogen-bond donors (Lipinski definition) is 1. The van der Waals surface area contributed by atoms with Crippen molar-refractivity contribution >= 4 is 22.9 Å². The van der Waals surface area contributed by atoms with Crippen molar-refractivity contribution in [3.05, 3.63) is 65.2 Å². The molecule has 0 fully saturated rings. The first-order chi connectivity index (χ1) is 13.6. The number of nitrogens with one attached hydrogen (secondary N) is 1. The van der Waals surface area contributed by atoms with E-state index in [1.807, 2.05) is 79.8 Å². The lowest BCUT2D eigenvalue weighted by Crippen LogP contribution is -2.24. The van der Waals surface area contributed by atoms with E-state index in [1.54, 1.807) is 0 Å². The topological polar surface area (TPSA) is 54.5 Å². The highest BCUT2D eigenvalue weighted by molar-refractivity contribution is 7.13. The Bertz CT molecular complexity index is 920. The van der Waals surface area contributed by atoms with Gasteiger partial charge in [-0.1, -0.05) is 24.3 Å². The van der Waals surface area contributed by atoms with Gasteiger partial charge >= 0.3 is 0 Å². The molecule has 0 aliphatic heterocycles. The molecule has 0 aliphatic carbocycles. The van der Waals surface area contributed by atoms with Crippen LogP contribution in [0.5, 0.6) is 5.75 Å². The first-order valence-corrected chi connectivity index (χ1v) is 10.1. The van der Waals surface area contributed by atoms with E-state index < -0.39 is 0 Å². The zero-order valence-electron chi connectivity index (χ0n) is 16.4. The fraction of sp³-hybridized carbons (Fsp3) is 0.273. The lowest BCUT2D eigenvalue weighted by atomic mass is 10.2. The van der Waals surface area contributed by atoms with Crippen LogP contribution in [0.4, 0.5) is 5.69 Å². The Morgan fingerprint density at radius 3 is 2.61 bits per heavy atom. The van der Waals surface area contributed by atoms with Gasteiger partial charge in [-0.15, -0.1) is 11.3 Å². The SMILES string of the molecule is CCOc1ccccc1-c1nc(CC(=O)NCc2ccc(N(C)C)cc2)cs1. The predicted octanol–water partition coefficient (Wildman–Crippen LogP) is 4.13. The largest absolute Gasteiger partial charge is 0.493 e. The van der Waals surface area contributed by atoms with Crippen LogP contribution in [0.1, 0.15) is 18.2 Å². The molecular formula is C22H25N3O2S. The van der Waals surface area contributed by atoms with Gasteiger partial charge in [0, 0.05) is 31.7 Å². The van der Waals surface area contributed by atoms with Gasteiger partial charge in [0.1, 0.15) is 10.8 Å². The van der Waals surface area contributed by atoms with Crippen molar-refractivity contribution in [3.63, 3.8) is 0 Å². The molecule has 1 aromatic heterocycles. The molecule has 0 radical (unpaired) electrons. The van der Waals surface area contributed by atoms with Crippen molar-refractivity contribution in [1.29, 1.82) is 0 Å². The van der Waals surface area contributed by atoms with Crippen LogP contribution >= 0.6 is 11.3 Å². The average molecular weight is 396 g/mol. The summed E-state index contributed by atoms with van der Waals surface area (Å²) in [6.45, 7) is 3.08. The molecule has 1 N–H and O–H groups in total. The minimum absolute atomic E-state index is 0.0355. The van der Waals surface area contributed by atoms with Crippen LogP contribution in [-0.2, 0) is 17.8 Å². The summed E-state index contributed by atoms with van der Waals surface area (Å²) < 4.78 is 5.68. The molecule has 0 aliphatic rings. The number of hydrogen-bond acceptors (Lipinski definition) is 5. The van der Waals surface area contributed by atoms with E-state index in [9.17, 15) is 4.79 Å². The highest BCUT2D eigenvalue weighted by atomic mass is 32.1. The Balaban J connectivity index is 1.58. The highest BCUT2D eigenvalue weighted by Crippen LogP contribution is 2.32. The first kappa shape index (κ1) is 19.9. The van der Waals surface area contributed by atoms with Crippen LogP contribution in [-0.4, -0.2) is 31.6 Å². The van der Waals surface area contributed by atoms with Gasteiger partial charge in [0.15, 0.2) is 0 Å². The summed E-state index contributed by atoms with van der Waals surface area (Å²) in [5.74, 6) is 0.781. The molecule has 0 unspecified atom stereocenters. The lowest BCUT2D eigenvalue weighted by molar-refractivity contribution is -0.120. The van der Waals surface area contributed by atoms with E-state index in [1.165, 1.54) is 11.3 Å². The second kappa shape index (κ2) is 9.37. The Hall–Kier alpha value is -2.86. The molecule has 0 atom stereocenters. The third kappa shape index (κ3) is 5.10. The van der Waals surface area contributed by atoms with Gasteiger partial charge in [-0.2, -0.15) is 0 Å². The number of carbonyl (C=O) groups is 1. The second-order valence-corrected chi connectivity index (χ2v) is 7.45. The van der Waals surface area contributed by atoms with Gasteiger partial charge in [0.2, 0.25) is 5.91 Å². The van der Waals surface area contributed by atoms with Gasteiger partial charge in [0.05, 0.1) is 24.3 Å². The maximum Gasteiger partial charge on any atom is 0.226 e. The number of rotatable bonds is 8. The zero-order chi connectivity index (χ0) is 19.9. The fourth-order valence-electron chi connectivity index (χ4n) is 2.78. The van der Waals surface area contributed by atoms with Crippen molar-refractivity contribution in [1.82, 2.24) is 10.3 Å². The summed E-state index contributed by atoms with van der Waals surface area (Å²) in [7, 11) is 4.01. The molecular weight excluding hydrogens is 370 g/mol. The molecule has 1 heterocycles. The third-order valence-corrected chi connectivity index (χ3v) is 5.18. The maximum atomic E-state index is 12.3. The molecule has 3 rings (SSSR count). The van der Waals surface area contributed by atoms with Crippen LogP contribution in [0.3, 0.4) is 0 Å². The second-order valence-electron chi connectivity index (χ2n) is 6.59. The number of amides is 1. The number of para-hydroxylation sites is 1. The van der Waals surface area contributed by atoms with Gasteiger partial charge in [-0.05, 0) is 36.8 Å². The summed E-state index contributed by atoms with van der Waals surface area (Å²) in [6.07, 6.45) is 0.267. The standard InChI is InChI=1S/C22H25N3O2S/c1-4-27-20-8-6-5-7-19(20)22-24-17(15-28-22)13-21(26)23-14-16-9-11-18(12-10-16)25(2)3/h5-12,15H,4,13-14H2,1-3H3,(H,23,26). The molecule has 5 nitrogen and oxygen atoms in total. The summed E-state index contributed by atoms with van der Waals surface area (Å²) in [5.41, 5.74) is 3.94. The Kier molecular flexibility index (Phi) is 6.66. The Labute approximate surface area is 170 Å². The molecule has 146 valence electrons. The van der Waals surface area contributed by atoms with Crippen molar-refractivity contribution in [2.75, 3.05) is 25.6 Å². The van der Waals surface area contributed by atoms with Crippen molar-refractivity contribution in [3.8, 4) is 16.3 Å². The van der Waals surface area contributed by atoms with Crippen LogP contribution in [0.2, 0.25) is 0 Å². The van der Waals surface area contributed by atoms with Gasteiger partial charge in [-0.25, -0.2) is 4.98 Å². The number of anilines is 1. The summed E-state index contributed by atoms with van der Waals surface area (Å²) in [4.78, 5) is 19.0. The Morgan fingerprint density at radius 1 is 1.14 bits per heavy atom. The molecule has 0 bridgehead atoms. The summed E-state index contributed by atoms with van der Waals surface area (Å²) in [6, 6.07) is 16.0. The van der Waals surface area contributed by atoms with E-state index in [2.05, 4.69) is 10.3 Å². The zero-order valence-corrected chi connectivity index (χ0v) is 17.3. The third-order valence-electron chi connectivity index (χ3n) is 4.25. The molecule has 1 amide bonds. The van der Waals surface area contributed by atoms with Crippen molar-refractivity contribution < 1.29 is 9.53 Å². The lowest BCUT2D eigenvalue weighted by Gasteiger charge is -2.12. The van der Waals surface area contributed by atoms with Crippen LogP contribution in [0, 0.1) is 0 Å². The number of benzene rings is 2. The minimum atomic E-state index is -0.0355. The quantitative estimate of drug-likeness (QED) is 0.623. The minimum Gasteiger partial charge on any atom is -0.493 e.